The molecule has 1 atom stereocenters. The van der Waals surface area contributed by atoms with Gasteiger partial charge < -0.3 is 20.3 Å². The highest BCUT2D eigenvalue weighted by molar-refractivity contribution is 5.97. The van der Waals surface area contributed by atoms with E-state index in [2.05, 4.69) is 25.5 Å². The van der Waals surface area contributed by atoms with Crippen molar-refractivity contribution in [3.8, 4) is 5.88 Å². The standard InChI is InChI=1S/C22H25F3N6O3/c1-3-17-20(33)29-15-10-13(11-27-21(15)34-17)12-30-6-8-31(9-7-30)16-5-4-14(19(32)26-2)28-18(16)22(23,24)25/h4-5,10-11,17H,3,6-9,12H2,1-2H3,(H,26,32)(H,29,33). The van der Waals surface area contributed by atoms with E-state index in [-0.39, 0.29) is 17.3 Å². The van der Waals surface area contributed by atoms with Gasteiger partial charge in [0.1, 0.15) is 11.4 Å². The number of nitrogens with one attached hydrogen (secondary N) is 2. The van der Waals surface area contributed by atoms with Crippen molar-refractivity contribution in [2.45, 2.75) is 32.2 Å². The molecule has 0 saturated carbocycles. The number of hydrogen-bond acceptors (Lipinski definition) is 7. The topological polar surface area (TPSA) is 99.7 Å². The predicted molar refractivity (Wildman–Crippen MR) is 118 cm³/mol. The molecule has 4 rings (SSSR count). The number of halogens is 3. The molecule has 9 nitrogen and oxygen atoms in total. The van der Waals surface area contributed by atoms with Crippen molar-refractivity contribution in [2.24, 2.45) is 0 Å². The molecule has 2 aromatic heterocycles. The van der Waals surface area contributed by atoms with Crippen LogP contribution >= 0.6 is 0 Å². The summed E-state index contributed by atoms with van der Waals surface area (Å²) in [6.45, 7) is 4.15. The van der Waals surface area contributed by atoms with Crippen LogP contribution in [0.15, 0.2) is 24.4 Å². The third-order valence-corrected chi connectivity index (χ3v) is 5.80. The highest BCUT2D eigenvalue weighted by Crippen LogP contribution is 2.36. The highest BCUT2D eigenvalue weighted by Gasteiger charge is 2.38. The van der Waals surface area contributed by atoms with Crippen molar-refractivity contribution in [2.75, 3.05) is 43.4 Å². The molecule has 182 valence electrons. The summed E-state index contributed by atoms with van der Waals surface area (Å²) >= 11 is 0. The van der Waals surface area contributed by atoms with Crippen LogP contribution in [0, 0.1) is 0 Å². The minimum Gasteiger partial charge on any atom is -0.463 e. The van der Waals surface area contributed by atoms with E-state index in [1.807, 2.05) is 13.0 Å². The molecule has 2 N–H and O–H groups in total. The summed E-state index contributed by atoms with van der Waals surface area (Å²) in [6.07, 6.45) is -3.02. The number of amides is 2. The first-order valence-corrected chi connectivity index (χ1v) is 10.9. The molecule has 0 aliphatic carbocycles. The van der Waals surface area contributed by atoms with Crippen LogP contribution in [0.3, 0.4) is 0 Å². The van der Waals surface area contributed by atoms with Crippen LogP contribution in [0.1, 0.15) is 35.1 Å². The number of carbonyl (C=O) groups is 2. The molecule has 1 saturated heterocycles. The number of hydrogen-bond donors (Lipinski definition) is 2. The Morgan fingerprint density at radius 2 is 2.00 bits per heavy atom. The summed E-state index contributed by atoms with van der Waals surface area (Å²) in [4.78, 5) is 35.4. The number of alkyl halides is 3. The van der Waals surface area contributed by atoms with Crippen molar-refractivity contribution < 1.29 is 27.5 Å². The lowest BCUT2D eigenvalue weighted by Gasteiger charge is -2.37. The van der Waals surface area contributed by atoms with E-state index in [1.165, 1.54) is 19.2 Å². The van der Waals surface area contributed by atoms with Crippen molar-refractivity contribution >= 4 is 23.2 Å². The van der Waals surface area contributed by atoms with Crippen LogP contribution in [0.5, 0.6) is 5.88 Å². The number of ether oxygens (including phenoxy) is 1. The molecule has 1 unspecified atom stereocenters. The van der Waals surface area contributed by atoms with Crippen LogP contribution in [0.4, 0.5) is 24.5 Å². The Morgan fingerprint density at radius 1 is 1.26 bits per heavy atom. The lowest BCUT2D eigenvalue weighted by molar-refractivity contribution is -0.140. The summed E-state index contributed by atoms with van der Waals surface area (Å²) in [6, 6.07) is 4.41. The fourth-order valence-corrected chi connectivity index (χ4v) is 4.01. The Morgan fingerprint density at radius 3 is 2.65 bits per heavy atom. The molecule has 2 aliphatic heterocycles. The Balaban J connectivity index is 1.43. The molecule has 0 radical (unpaired) electrons. The first-order chi connectivity index (χ1) is 16.2. The Labute approximate surface area is 194 Å². The molecule has 2 aliphatic rings. The fraction of sp³-hybridized carbons (Fsp3) is 0.455. The van der Waals surface area contributed by atoms with Crippen LogP contribution in [0.25, 0.3) is 0 Å². The molecular weight excluding hydrogens is 453 g/mol. The van der Waals surface area contributed by atoms with E-state index < -0.39 is 23.9 Å². The SMILES string of the molecule is CCC1Oc2ncc(CN3CCN(c4ccc(C(=O)NC)nc4C(F)(F)F)CC3)cc2NC1=O. The van der Waals surface area contributed by atoms with Gasteiger partial charge in [-0.2, -0.15) is 13.2 Å². The van der Waals surface area contributed by atoms with E-state index >= 15 is 0 Å². The third-order valence-electron chi connectivity index (χ3n) is 5.80. The Hall–Kier alpha value is -3.41. The number of rotatable bonds is 5. The first-order valence-electron chi connectivity index (χ1n) is 10.9. The van der Waals surface area contributed by atoms with Gasteiger partial charge in [-0.05, 0) is 30.2 Å². The van der Waals surface area contributed by atoms with Gasteiger partial charge in [0.25, 0.3) is 11.8 Å². The number of carbonyl (C=O) groups excluding carboxylic acids is 2. The first kappa shape index (κ1) is 23.7. The van der Waals surface area contributed by atoms with Gasteiger partial charge in [-0.1, -0.05) is 6.92 Å². The second-order valence-electron chi connectivity index (χ2n) is 8.10. The molecule has 0 aromatic carbocycles. The summed E-state index contributed by atoms with van der Waals surface area (Å²) in [5, 5.41) is 5.10. The molecule has 4 heterocycles. The maximum absolute atomic E-state index is 13.6. The summed E-state index contributed by atoms with van der Waals surface area (Å²) in [5.74, 6) is -0.501. The third kappa shape index (κ3) is 4.91. The Kier molecular flexibility index (Phi) is 6.60. The molecular formula is C22H25F3N6O3. The minimum atomic E-state index is -4.69. The van der Waals surface area contributed by atoms with Gasteiger partial charge in [0.2, 0.25) is 5.88 Å². The largest absolute Gasteiger partial charge is 0.463 e. The molecule has 34 heavy (non-hydrogen) atoms. The van der Waals surface area contributed by atoms with Gasteiger partial charge in [-0.3, -0.25) is 14.5 Å². The molecule has 2 amide bonds. The van der Waals surface area contributed by atoms with E-state index in [0.29, 0.717) is 50.7 Å². The second kappa shape index (κ2) is 9.45. The fourth-order valence-electron chi connectivity index (χ4n) is 4.01. The van der Waals surface area contributed by atoms with E-state index in [0.717, 1.165) is 5.56 Å². The zero-order valence-corrected chi connectivity index (χ0v) is 18.8. The minimum absolute atomic E-state index is 0.0411. The number of pyridine rings is 2. The number of fused-ring (bicyclic) bond motifs is 1. The maximum atomic E-state index is 13.6. The quantitative estimate of drug-likeness (QED) is 0.680. The molecule has 12 heteroatoms. The van der Waals surface area contributed by atoms with Crippen LogP contribution in [0.2, 0.25) is 0 Å². The van der Waals surface area contributed by atoms with Gasteiger partial charge in [-0.15, -0.1) is 0 Å². The molecule has 0 spiro atoms. The molecule has 2 aromatic rings. The van der Waals surface area contributed by atoms with Crippen LogP contribution < -0.4 is 20.3 Å². The van der Waals surface area contributed by atoms with E-state index in [1.54, 1.807) is 11.1 Å². The van der Waals surface area contributed by atoms with Crippen LogP contribution in [-0.4, -0.2) is 66.0 Å². The van der Waals surface area contributed by atoms with Crippen LogP contribution in [-0.2, 0) is 17.5 Å². The average Bonchev–Trinajstić information content (AvgIpc) is 2.82. The van der Waals surface area contributed by atoms with Gasteiger partial charge in [0.15, 0.2) is 11.8 Å². The number of piperazine rings is 1. The Bertz CT molecular complexity index is 1090. The van der Waals surface area contributed by atoms with Crippen molar-refractivity contribution in [1.82, 2.24) is 20.2 Å². The van der Waals surface area contributed by atoms with Crippen molar-refractivity contribution in [1.29, 1.82) is 0 Å². The lowest BCUT2D eigenvalue weighted by Crippen LogP contribution is -2.46. The zero-order chi connectivity index (χ0) is 24.5. The van der Waals surface area contributed by atoms with Gasteiger partial charge in [0, 0.05) is 46.0 Å². The van der Waals surface area contributed by atoms with E-state index in [9.17, 15) is 22.8 Å². The number of nitrogens with zero attached hydrogens (tertiary/aromatic N) is 4. The summed E-state index contributed by atoms with van der Waals surface area (Å²) in [7, 11) is 1.34. The maximum Gasteiger partial charge on any atom is 0.435 e. The second-order valence-corrected chi connectivity index (χ2v) is 8.10. The van der Waals surface area contributed by atoms with Crippen molar-refractivity contribution in [3.63, 3.8) is 0 Å². The normalized spacial score (nSPS) is 18.7. The highest BCUT2D eigenvalue weighted by atomic mass is 19.4. The van der Waals surface area contributed by atoms with Gasteiger partial charge in [0.05, 0.1) is 5.69 Å². The number of aromatic nitrogens is 2. The number of anilines is 2. The van der Waals surface area contributed by atoms with E-state index in [4.69, 9.17) is 4.74 Å². The lowest BCUT2D eigenvalue weighted by atomic mass is 10.1. The predicted octanol–water partition coefficient (Wildman–Crippen LogP) is 2.29. The molecule has 0 bridgehead atoms. The summed E-state index contributed by atoms with van der Waals surface area (Å²) < 4.78 is 46.6. The summed E-state index contributed by atoms with van der Waals surface area (Å²) in [5.41, 5.74) is -0.0114. The zero-order valence-electron chi connectivity index (χ0n) is 18.8. The van der Waals surface area contributed by atoms with Gasteiger partial charge in [-0.25, -0.2) is 9.97 Å². The molecule has 1 fully saturated rings. The average molecular weight is 478 g/mol. The van der Waals surface area contributed by atoms with Gasteiger partial charge >= 0.3 is 6.18 Å². The smallest absolute Gasteiger partial charge is 0.435 e. The van der Waals surface area contributed by atoms with Crippen molar-refractivity contribution in [3.05, 3.63) is 41.3 Å². The monoisotopic (exact) mass is 478 g/mol.